The average molecular weight is 410 g/mol. The van der Waals surface area contributed by atoms with E-state index in [9.17, 15) is 14.4 Å². The highest BCUT2D eigenvalue weighted by Gasteiger charge is 2.33. The molecule has 4 rings (SSSR count). The number of piperidine rings is 1. The third kappa shape index (κ3) is 3.84. The molecule has 2 saturated heterocycles. The molecule has 1 aromatic heterocycles. The monoisotopic (exact) mass is 410 g/mol. The first-order valence-electron chi connectivity index (χ1n) is 10.6. The molecule has 0 bridgehead atoms. The highest BCUT2D eigenvalue weighted by atomic mass is 19.1. The number of fused-ring (bicyclic) bond motifs is 1. The topological polar surface area (TPSA) is 69.5 Å². The summed E-state index contributed by atoms with van der Waals surface area (Å²) in [5, 5.41) is 10.3. The third-order valence-corrected chi connectivity index (χ3v) is 6.11. The maximum Gasteiger partial charge on any atom is 0.225 e. The van der Waals surface area contributed by atoms with Crippen LogP contribution in [0.1, 0.15) is 37.8 Å². The number of anilines is 1. The van der Waals surface area contributed by atoms with Crippen molar-refractivity contribution in [2.45, 2.75) is 45.8 Å². The molecular weight excluding hydrogens is 383 g/mol. The minimum atomic E-state index is -0.334. The number of pyridine rings is 1. The molecule has 0 N–H and O–H groups in total. The normalized spacial score (nSPS) is 22.9. The second-order valence-corrected chi connectivity index (χ2v) is 8.51. The van der Waals surface area contributed by atoms with Gasteiger partial charge in [0.15, 0.2) is 0 Å². The molecule has 3 heterocycles. The maximum absolute atomic E-state index is 14.1. The Morgan fingerprint density at radius 2 is 1.90 bits per heavy atom. The first kappa shape index (κ1) is 20.5. The zero-order valence-corrected chi connectivity index (χ0v) is 17.7. The van der Waals surface area contributed by atoms with E-state index < -0.39 is 0 Å². The van der Waals surface area contributed by atoms with Gasteiger partial charge in [-0.1, -0.05) is 0 Å². The van der Waals surface area contributed by atoms with Gasteiger partial charge in [0.1, 0.15) is 11.9 Å². The molecular formula is C23H27FN4O2. The van der Waals surface area contributed by atoms with Gasteiger partial charge in [-0.25, -0.2) is 4.39 Å². The van der Waals surface area contributed by atoms with Gasteiger partial charge in [-0.2, -0.15) is 5.26 Å². The number of carbonyl (C=O) groups excluding carboxylic acids is 1. The molecule has 1 aromatic carbocycles. The van der Waals surface area contributed by atoms with Gasteiger partial charge in [0.25, 0.3) is 0 Å². The number of hydrogen-bond donors (Lipinski definition) is 0. The van der Waals surface area contributed by atoms with Crippen LogP contribution < -0.4 is 4.90 Å². The lowest BCUT2D eigenvalue weighted by atomic mass is 9.93. The van der Waals surface area contributed by atoms with Crippen LogP contribution in [0.3, 0.4) is 0 Å². The highest BCUT2D eigenvalue weighted by Crippen LogP contribution is 2.34. The SMILES string of the molecule is Cc1cc(F)cc2c(N3CCC(C(=O)N4CC(C)OC(C)C4)CC3)c(C#N)cnc12. The smallest absolute Gasteiger partial charge is 0.225 e. The van der Waals surface area contributed by atoms with E-state index in [1.807, 2.05) is 25.7 Å². The number of carbonyl (C=O) groups is 1. The summed E-state index contributed by atoms with van der Waals surface area (Å²) in [4.78, 5) is 21.5. The number of amides is 1. The van der Waals surface area contributed by atoms with Gasteiger partial charge in [0, 0.05) is 43.7 Å². The van der Waals surface area contributed by atoms with E-state index in [4.69, 9.17) is 4.74 Å². The molecule has 6 nitrogen and oxygen atoms in total. The van der Waals surface area contributed by atoms with E-state index >= 15 is 0 Å². The zero-order chi connectivity index (χ0) is 21.4. The van der Waals surface area contributed by atoms with Crippen molar-refractivity contribution in [3.63, 3.8) is 0 Å². The van der Waals surface area contributed by atoms with Crippen molar-refractivity contribution in [3.05, 3.63) is 35.3 Å². The van der Waals surface area contributed by atoms with E-state index in [0.29, 0.717) is 55.5 Å². The Kier molecular flexibility index (Phi) is 5.61. The lowest BCUT2D eigenvalue weighted by Gasteiger charge is -2.40. The predicted octanol–water partition coefficient (Wildman–Crippen LogP) is 3.41. The van der Waals surface area contributed by atoms with E-state index in [0.717, 1.165) is 11.3 Å². The van der Waals surface area contributed by atoms with Crippen LogP contribution in [0.5, 0.6) is 0 Å². The number of nitriles is 1. The summed E-state index contributed by atoms with van der Waals surface area (Å²) in [6.45, 7) is 8.38. The summed E-state index contributed by atoms with van der Waals surface area (Å²) in [5.41, 5.74) is 2.62. The molecule has 2 fully saturated rings. The number of halogens is 1. The van der Waals surface area contributed by atoms with Crippen LogP contribution in [0.2, 0.25) is 0 Å². The van der Waals surface area contributed by atoms with Crippen molar-refractivity contribution in [2.24, 2.45) is 5.92 Å². The Balaban J connectivity index is 1.55. The van der Waals surface area contributed by atoms with Gasteiger partial charge in [-0.05, 0) is 51.3 Å². The summed E-state index contributed by atoms with van der Waals surface area (Å²) in [6, 6.07) is 5.12. The van der Waals surface area contributed by atoms with Crippen LogP contribution in [-0.4, -0.2) is 54.2 Å². The fourth-order valence-corrected chi connectivity index (χ4v) is 4.81. The molecule has 2 aromatic rings. The van der Waals surface area contributed by atoms with Crippen molar-refractivity contribution >= 4 is 22.5 Å². The Hall–Kier alpha value is -2.72. The molecule has 158 valence electrons. The molecule has 0 spiro atoms. The number of rotatable bonds is 2. The van der Waals surface area contributed by atoms with E-state index in [1.165, 1.54) is 12.1 Å². The van der Waals surface area contributed by atoms with Crippen LogP contribution in [0.25, 0.3) is 10.9 Å². The fourth-order valence-electron chi connectivity index (χ4n) is 4.81. The summed E-state index contributed by atoms with van der Waals surface area (Å²) in [7, 11) is 0. The lowest BCUT2D eigenvalue weighted by molar-refractivity contribution is -0.148. The number of ether oxygens (including phenoxy) is 1. The van der Waals surface area contributed by atoms with Crippen molar-refractivity contribution < 1.29 is 13.9 Å². The van der Waals surface area contributed by atoms with Gasteiger partial charge in [0.05, 0.1) is 29.0 Å². The molecule has 30 heavy (non-hydrogen) atoms. The van der Waals surface area contributed by atoms with E-state index in [-0.39, 0.29) is 29.9 Å². The first-order chi connectivity index (χ1) is 14.4. The van der Waals surface area contributed by atoms with Gasteiger partial charge < -0.3 is 14.5 Å². The van der Waals surface area contributed by atoms with Crippen molar-refractivity contribution in [3.8, 4) is 6.07 Å². The number of aromatic nitrogens is 1. The largest absolute Gasteiger partial charge is 0.372 e. The molecule has 2 aliphatic rings. The minimum Gasteiger partial charge on any atom is -0.372 e. The molecule has 0 saturated carbocycles. The molecule has 2 aliphatic heterocycles. The number of morpholine rings is 1. The Morgan fingerprint density at radius 3 is 2.53 bits per heavy atom. The number of benzene rings is 1. The number of hydrogen-bond acceptors (Lipinski definition) is 5. The second-order valence-electron chi connectivity index (χ2n) is 8.51. The molecule has 1 amide bonds. The van der Waals surface area contributed by atoms with Gasteiger partial charge in [-0.3, -0.25) is 9.78 Å². The van der Waals surface area contributed by atoms with Crippen LogP contribution >= 0.6 is 0 Å². The lowest BCUT2D eigenvalue weighted by Crippen LogP contribution is -2.51. The molecule has 7 heteroatoms. The summed E-state index contributed by atoms with van der Waals surface area (Å²) in [6.07, 6.45) is 3.09. The van der Waals surface area contributed by atoms with Gasteiger partial charge in [-0.15, -0.1) is 0 Å². The minimum absolute atomic E-state index is 0.0316. The summed E-state index contributed by atoms with van der Waals surface area (Å²) in [5.74, 6) is -0.173. The van der Waals surface area contributed by atoms with Gasteiger partial charge in [0.2, 0.25) is 5.91 Å². The Labute approximate surface area is 176 Å². The molecule has 2 atom stereocenters. The maximum atomic E-state index is 14.1. The zero-order valence-electron chi connectivity index (χ0n) is 17.7. The van der Waals surface area contributed by atoms with E-state index in [2.05, 4.69) is 16.0 Å². The molecule has 0 radical (unpaired) electrons. The van der Waals surface area contributed by atoms with Crippen molar-refractivity contribution in [2.75, 3.05) is 31.1 Å². The fraction of sp³-hybridized carbons (Fsp3) is 0.522. The summed E-state index contributed by atoms with van der Waals surface area (Å²) < 4.78 is 19.9. The predicted molar refractivity (Wildman–Crippen MR) is 113 cm³/mol. The van der Waals surface area contributed by atoms with E-state index in [1.54, 1.807) is 6.20 Å². The average Bonchev–Trinajstić information content (AvgIpc) is 2.71. The quantitative estimate of drug-likeness (QED) is 0.759. The first-order valence-corrected chi connectivity index (χ1v) is 10.6. The number of aryl methyl sites for hydroxylation is 1. The van der Waals surface area contributed by atoms with Crippen LogP contribution in [-0.2, 0) is 9.53 Å². The van der Waals surface area contributed by atoms with Crippen molar-refractivity contribution in [1.29, 1.82) is 5.26 Å². The summed E-state index contributed by atoms with van der Waals surface area (Å²) >= 11 is 0. The standard InChI is InChI=1S/C23H27FN4O2/c1-14-8-19(24)9-20-21(14)26-11-18(10-25)22(20)27-6-4-17(5-7-27)23(29)28-12-15(2)30-16(3)13-28/h8-9,11,15-17H,4-7,12-13H2,1-3H3. The van der Waals surface area contributed by atoms with Crippen molar-refractivity contribution in [1.82, 2.24) is 9.88 Å². The Bertz CT molecular complexity index is 1000. The molecule has 0 aliphatic carbocycles. The van der Waals surface area contributed by atoms with Crippen LogP contribution in [0, 0.1) is 30.0 Å². The van der Waals surface area contributed by atoms with Gasteiger partial charge >= 0.3 is 0 Å². The van der Waals surface area contributed by atoms with Crippen LogP contribution in [0.15, 0.2) is 18.3 Å². The Morgan fingerprint density at radius 1 is 1.23 bits per heavy atom. The molecule has 2 unspecified atom stereocenters. The second kappa shape index (κ2) is 8.19. The highest BCUT2D eigenvalue weighted by molar-refractivity contribution is 5.96. The third-order valence-electron chi connectivity index (χ3n) is 6.11. The van der Waals surface area contributed by atoms with Crippen LogP contribution in [0.4, 0.5) is 10.1 Å². The number of nitrogens with zero attached hydrogens (tertiary/aromatic N) is 4.